The first-order valence-electron chi connectivity index (χ1n) is 6.53. The standard InChI is InChI=1S/C16H21NO/c1-13(17-11-6-12-18-2)15-10-5-8-14-7-3-4-9-16(14)15/h3-5,7-10,13,17H,6,11-12H2,1-2H3. The van der Waals surface area contributed by atoms with Crippen molar-refractivity contribution in [2.24, 2.45) is 0 Å². The van der Waals surface area contributed by atoms with Gasteiger partial charge in [-0.05, 0) is 36.2 Å². The Morgan fingerprint density at radius 3 is 2.72 bits per heavy atom. The maximum absolute atomic E-state index is 5.06. The van der Waals surface area contributed by atoms with Gasteiger partial charge in [0.1, 0.15) is 0 Å². The molecule has 1 N–H and O–H groups in total. The quantitative estimate of drug-likeness (QED) is 0.784. The maximum Gasteiger partial charge on any atom is 0.0474 e. The van der Waals surface area contributed by atoms with E-state index in [0.29, 0.717) is 6.04 Å². The Kier molecular flexibility index (Phi) is 4.73. The average molecular weight is 243 g/mol. The zero-order chi connectivity index (χ0) is 12.8. The van der Waals surface area contributed by atoms with E-state index in [1.54, 1.807) is 7.11 Å². The molecule has 2 nitrogen and oxygen atoms in total. The third-order valence-corrected chi connectivity index (χ3v) is 3.27. The molecule has 0 aliphatic rings. The summed E-state index contributed by atoms with van der Waals surface area (Å²) in [7, 11) is 1.74. The summed E-state index contributed by atoms with van der Waals surface area (Å²) >= 11 is 0. The van der Waals surface area contributed by atoms with Crippen LogP contribution in [0.1, 0.15) is 24.9 Å². The number of rotatable bonds is 6. The van der Waals surface area contributed by atoms with E-state index in [1.165, 1.54) is 16.3 Å². The molecule has 0 bridgehead atoms. The second-order valence-electron chi connectivity index (χ2n) is 4.59. The summed E-state index contributed by atoms with van der Waals surface area (Å²) in [5, 5.41) is 6.19. The van der Waals surface area contributed by atoms with Crippen molar-refractivity contribution < 1.29 is 4.74 Å². The Labute approximate surface area is 109 Å². The summed E-state index contributed by atoms with van der Waals surface area (Å²) in [4.78, 5) is 0. The zero-order valence-corrected chi connectivity index (χ0v) is 11.1. The van der Waals surface area contributed by atoms with E-state index >= 15 is 0 Å². The minimum Gasteiger partial charge on any atom is -0.385 e. The Balaban J connectivity index is 2.10. The second kappa shape index (κ2) is 6.53. The predicted octanol–water partition coefficient (Wildman–Crippen LogP) is 3.53. The lowest BCUT2D eigenvalue weighted by molar-refractivity contribution is 0.193. The van der Waals surface area contributed by atoms with E-state index in [4.69, 9.17) is 4.74 Å². The summed E-state index contributed by atoms with van der Waals surface area (Å²) in [6.07, 6.45) is 1.05. The fourth-order valence-corrected chi connectivity index (χ4v) is 2.27. The van der Waals surface area contributed by atoms with Crippen LogP contribution in [0.2, 0.25) is 0 Å². The van der Waals surface area contributed by atoms with Crippen molar-refractivity contribution >= 4 is 10.8 Å². The van der Waals surface area contributed by atoms with Crippen LogP contribution in [0.5, 0.6) is 0 Å². The van der Waals surface area contributed by atoms with Crippen LogP contribution >= 0.6 is 0 Å². The monoisotopic (exact) mass is 243 g/mol. The molecule has 0 fully saturated rings. The van der Waals surface area contributed by atoms with Crippen molar-refractivity contribution in [2.45, 2.75) is 19.4 Å². The first-order chi connectivity index (χ1) is 8.83. The Morgan fingerprint density at radius 2 is 1.89 bits per heavy atom. The molecule has 2 rings (SSSR count). The van der Waals surface area contributed by atoms with Crippen LogP contribution in [0.4, 0.5) is 0 Å². The van der Waals surface area contributed by atoms with Crippen molar-refractivity contribution in [3.63, 3.8) is 0 Å². The summed E-state index contributed by atoms with van der Waals surface area (Å²) in [5.74, 6) is 0. The first-order valence-corrected chi connectivity index (χ1v) is 6.53. The molecule has 96 valence electrons. The van der Waals surface area contributed by atoms with Gasteiger partial charge >= 0.3 is 0 Å². The molecular weight excluding hydrogens is 222 g/mol. The molecule has 1 atom stereocenters. The smallest absolute Gasteiger partial charge is 0.0474 e. The molecule has 0 aliphatic carbocycles. The number of ether oxygens (including phenoxy) is 1. The highest BCUT2D eigenvalue weighted by Gasteiger charge is 2.07. The van der Waals surface area contributed by atoms with Crippen LogP contribution in [0.3, 0.4) is 0 Å². The van der Waals surface area contributed by atoms with Gasteiger partial charge in [-0.15, -0.1) is 0 Å². The Hall–Kier alpha value is -1.38. The molecule has 0 saturated heterocycles. The Morgan fingerprint density at radius 1 is 1.11 bits per heavy atom. The number of benzene rings is 2. The van der Waals surface area contributed by atoms with Gasteiger partial charge in [-0.2, -0.15) is 0 Å². The molecule has 0 aromatic heterocycles. The van der Waals surface area contributed by atoms with Gasteiger partial charge in [-0.25, -0.2) is 0 Å². The van der Waals surface area contributed by atoms with Crippen molar-refractivity contribution in [1.29, 1.82) is 0 Å². The maximum atomic E-state index is 5.06. The number of fused-ring (bicyclic) bond motifs is 1. The van der Waals surface area contributed by atoms with Gasteiger partial charge in [0, 0.05) is 19.8 Å². The molecule has 1 unspecified atom stereocenters. The van der Waals surface area contributed by atoms with Crippen molar-refractivity contribution in [2.75, 3.05) is 20.3 Å². The largest absolute Gasteiger partial charge is 0.385 e. The van der Waals surface area contributed by atoms with E-state index < -0.39 is 0 Å². The molecule has 2 heteroatoms. The second-order valence-corrected chi connectivity index (χ2v) is 4.59. The fourth-order valence-electron chi connectivity index (χ4n) is 2.27. The Bertz CT molecular complexity index is 490. The lowest BCUT2D eigenvalue weighted by Crippen LogP contribution is -2.21. The van der Waals surface area contributed by atoms with Crippen molar-refractivity contribution in [1.82, 2.24) is 5.32 Å². The number of nitrogens with one attached hydrogen (secondary N) is 1. The molecule has 2 aromatic rings. The lowest BCUT2D eigenvalue weighted by Gasteiger charge is -2.16. The molecule has 18 heavy (non-hydrogen) atoms. The minimum absolute atomic E-state index is 0.368. The summed E-state index contributed by atoms with van der Waals surface area (Å²) in [6.45, 7) is 4.02. The van der Waals surface area contributed by atoms with Crippen LogP contribution in [0.15, 0.2) is 42.5 Å². The van der Waals surface area contributed by atoms with Crippen molar-refractivity contribution in [3.8, 4) is 0 Å². The van der Waals surface area contributed by atoms with Gasteiger partial charge in [0.2, 0.25) is 0 Å². The van der Waals surface area contributed by atoms with Crippen LogP contribution in [0, 0.1) is 0 Å². The first kappa shape index (κ1) is 13.1. The molecule has 2 aromatic carbocycles. The van der Waals surface area contributed by atoms with Crippen LogP contribution in [-0.4, -0.2) is 20.3 Å². The average Bonchev–Trinajstić information content (AvgIpc) is 2.43. The molecule has 0 heterocycles. The SMILES string of the molecule is COCCCNC(C)c1cccc2ccccc12. The number of hydrogen-bond acceptors (Lipinski definition) is 2. The van der Waals surface area contributed by atoms with Gasteiger partial charge in [0.15, 0.2) is 0 Å². The van der Waals surface area contributed by atoms with Crippen LogP contribution in [0.25, 0.3) is 10.8 Å². The highest BCUT2D eigenvalue weighted by atomic mass is 16.5. The minimum atomic E-state index is 0.368. The zero-order valence-electron chi connectivity index (χ0n) is 11.1. The van der Waals surface area contributed by atoms with E-state index in [1.807, 2.05) is 0 Å². The van der Waals surface area contributed by atoms with E-state index in [-0.39, 0.29) is 0 Å². The summed E-state index contributed by atoms with van der Waals surface area (Å²) in [6, 6.07) is 15.4. The third-order valence-electron chi connectivity index (χ3n) is 3.27. The van der Waals surface area contributed by atoms with E-state index in [0.717, 1.165) is 19.6 Å². The normalized spacial score (nSPS) is 12.8. The predicted molar refractivity (Wildman–Crippen MR) is 76.9 cm³/mol. The number of hydrogen-bond donors (Lipinski definition) is 1. The summed E-state index contributed by atoms with van der Waals surface area (Å²) < 4.78 is 5.06. The highest BCUT2D eigenvalue weighted by Crippen LogP contribution is 2.23. The van der Waals surface area contributed by atoms with E-state index in [2.05, 4.69) is 54.7 Å². The van der Waals surface area contributed by atoms with Gasteiger partial charge in [-0.1, -0.05) is 42.5 Å². The van der Waals surface area contributed by atoms with Crippen LogP contribution < -0.4 is 5.32 Å². The van der Waals surface area contributed by atoms with Crippen molar-refractivity contribution in [3.05, 3.63) is 48.0 Å². The van der Waals surface area contributed by atoms with Crippen LogP contribution in [-0.2, 0) is 4.74 Å². The van der Waals surface area contributed by atoms with Gasteiger partial charge in [-0.3, -0.25) is 0 Å². The third kappa shape index (κ3) is 3.09. The van der Waals surface area contributed by atoms with Gasteiger partial charge in [0.25, 0.3) is 0 Å². The topological polar surface area (TPSA) is 21.3 Å². The molecule has 0 aliphatic heterocycles. The van der Waals surface area contributed by atoms with Gasteiger partial charge < -0.3 is 10.1 Å². The highest BCUT2D eigenvalue weighted by molar-refractivity contribution is 5.86. The number of methoxy groups -OCH3 is 1. The van der Waals surface area contributed by atoms with Gasteiger partial charge in [0.05, 0.1) is 0 Å². The molecule has 0 saturated carbocycles. The molecular formula is C16H21NO. The molecule has 0 spiro atoms. The fraction of sp³-hybridized carbons (Fsp3) is 0.375. The molecule has 0 radical (unpaired) electrons. The molecule has 0 amide bonds. The lowest BCUT2D eigenvalue weighted by atomic mass is 10.00. The van der Waals surface area contributed by atoms with E-state index in [9.17, 15) is 0 Å². The summed E-state index contributed by atoms with van der Waals surface area (Å²) in [5.41, 5.74) is 1.37.